The van der Waals surface area contributed by atoms with Crippen LogP contribution in [0.2, 0.25) is 0 Å². The average molecular weight is 200 g/mol. The third-order valence-electron chi connectivity index (χ3n) is 2.89. The van der Waals surface area contributed by atoms with Crippen molar-refractivity contribution in [1.82, 2.24) is 9.97 Å². The maximum atomic E-state index is 4.63. The Kier molecular flexibility index (Phi) is 2.43. The van der Waals surface area contributed by atoms with Gasteiger partial charge >= 0.3 is 0 Å². The van der Waals surface area contributed by atoms with Crippen molar-refractivity contribution in [2.45, 2.75) is 34.1 Å². The van der Waals surface area contributed by atoms with Gasteiger partial charge in [-0.15, -0.1) is 0 Å². The van der Waals surface area contributed by atoms with Gasteiger partial charge in [0.15, 0.2) is 0 Å². The average Bonchev–Trinajstić information content (AvgIpc) is 2.20. The van der Waals surface area contributed by atoms with E-state index in [-0.39, 0.29) is 0 Å². The van der Waals surface area contributed by atoms with E-state index in [1.54, 1.807) is 0 Å². The highest BCUT2D eigenvalue weighted by Gasteiger charge is 2.04. The smallest absolute Gasteiger partial charge is 0.0893 e. The van der Waals surface area contributed by atoms with Crippen molar-refractivity contribution >= 4 is 11.0 Å². The van der Waals surface area contributed by atoms with Crippen LogP contribution >= 0.6 is 0 Å². The lowest BCUT2D eigenvalue weighted by Gasteiger charge is -2.06. The van der Waals surface area contributed by atoms with Crippen LogP contribution in [0, 0.1) is 20.8 Å². The maximum absolute atomic E-state index is 4.63. The summed E-state index contributed by atoms with van der Waals surface area (Å²) in [4.78, 5) is 9.22. The van der Waals surface area contributed by atoms with Gasteiger partial charge in [-0.05, 0) is 50.5 Å². The highest BCUT2D eigenvalue weighted by atomic mass is 14.8. The molecule has 2 aromatic rings. The predicted octanol–water partition coefficient (Wildman–Crippen LogP) is 3.12. The summed E-state index contributed by atoms with van der Waals surface area (Å²) in [7, 11) is 0. The van der Waals surface area contributed by atoms with E-state index in [2.05, 4.69) is 42.9 Å². The molecule has 0 bridgehead atoms. The fourth-order valence-electron chi connectivity index (χ4n) is 1.77. The second kappa shape index (κ2) is 3.61. The Labute approximate surface area is 90.4 Å². The van der Waals surface area contributed by atoms with Gasteiger partial charge in [-0.25, -0.2) is 9.97 Å². The van der Waals surface area contributed by atoms with Crippen LogP contribution in [-0.4, -0.2) is 9.97 Å². The van der Waals surface area contributed by atoms with Gasteiger partial charge < -0.3 is 0 Å². The lowest BCUT2D eigenvalue weighted by molar-refractivity contribution is 0.988. The van der Waals surface area contributed by atoms with Crippen molar-refractivity contribution in [3.8, 4) is 0 Å². The van der Waals surface area contributed by atoms with Crippen molar-refractivity contribution in [2.24, 2.45) is 0 Å². The summed E-state index contributed by atoms with van der Waals surface area (Å²) in [5, 5.41) is 0. The minimum atomic E-state index is 0.946. The Balaban J connectivity index is 2.76. The third-order valence-corrected chi connectivity index (χ3v) is 2.89. The summed E-state index contributed by atoms with van der Waals surface area (Å²) in [6.07, 6.45) is 0.946. The monoisotopic (exact) mass is 200 g/mol. The summed E-state index contributed by atoms with van der Waals surface area (Å²) in [6, 6.07) is 4.24. The van der Waals surface area contributed by atoms with Gasteiger partial charge in [0, 0.05) is 0 Å². The van der Waals surface area contributed by atoms with E-state index < -0.39 is 0 Å². The molecule has 0 N–H and O–H groups in total. The maximum Gasteiger partial charge on any atom is 0.0893 e. The Hall–Kier alpha value is -1.44. The first kappa shape index (κ1) is 10.1. The molecule has 0 unspecified atom stereocenters. The fourth-order valence-corrected chi connectivity index (χ4v) is 1.77. The molecule has 2 rings (SSSR count). The molecule has 0 aliphatic heterocycles. The molecule has 15 heavy (non-hydrogen) atoms. The van der Waals surface area contributed by atoms with Crippen molar-refractivity contribution in [3.05, 3.63) is 34.6 Å². The van der Waals surface area contributed by atoms with E-state index in [0.29, 0.717) is 0 Å². The number of hydrogen-bond acceptors (Lipinski definition) is 2. The molecular weight excluding hydrogens is 184 g/mol. The number of benzene rings is 1. The van der Waals surface area contributed by atoms with Crippen molar-refractivity contribution in [3.63, 3.8) is 0 Å². The predicted molar refractivity (Wildman–Crippen MR) is 63.1 cm³/mol. The van der Waals surface area contributed by atoms with E-state index in [9.17, 15) is 0 Å². The van der Waals surface area contributed by atoms with Gasteiger partial charge in [-0.3, -0.25) is 0 Å². The summed E-state index contributed by atoms with van der Waals surface area (Å²) in [5.74, 6) is 0. The Morgan fingerprint density at radius 3 is 2.00 bits per heavy atom. The van der Waals surface area contributed by atoms with Crippen molar-refractivity contribution in [2.75, 3.05) is 0 Å². The quantitative estimate of drug-likeness (QED) is 0.706. The Morgan fingerprint density at radius 2 is 1.47 bits per heavy atom. The highest BCUT2D eigenvalue weighted by Crippen LogP contribution is 2.17. The van der Waals surface area contributed by atoms with Gasteiger partial charge in [0.25, 0.3) is 0 Å². The molecule has 1 heterocycles. The van der Waals surface area contributed by atoms with Crippen LogP contribution in [0.5, 0.6) is 0 Å². The molecule has 0 aliphatic rings. The SMILES string of the molecule is CCc1nc2cc(C)c(C)cc2nc1C. The van der Waals surface area contributed by atoms with E-state index in [0.717, 1.165) is 28.8 Å². The van der Waals surface area contributed by atoms with Crippen molar-refractivity contribution < 1.29 is 0 Å². The molecule has 78 valence electrons. The minimum absolute atomic E-state index is 0.946. The first-order valence-electron chi connectivity index (χ1n) is 5.36. The lowest BCUT2D eigenvalue weighted by Crippen LogP contribution is -1.97. The number of rotatable bonds is 1. The number of nitrogens with zero attached hydrogens (tertiary/aromatic N) is 2. The van der Waals surface area contributed by atoms with Crippen LogP contribution < -0.4 is 0 Å². The minimum Gasteiger partial charge on any atom is -0.250 e. The van der Waals surface area contributed by atoms with Gasteiger partial charge in [0.05, 0.1) is 22.4 Å². The largest absolute Gasteiger partial charge is 0.250 e. The topological polar surface area (TPSA) is 25.8 Å². The lowest BCUT2D eigenvalue weighted by atomic mass is 10.1. The third kappa shape index (κ3) is 1.72. The molecule has 1 aromatic carbocycles. The second-order valence-corrected chi connectivity index (χ2v) is 4.03. The van der Waals surface area contributed by atoms with Crippen LogP contribution in [0.15, 0.2) is 12.1 Å². The van der Waals surface area contributed by atoms with Gasteiger partial charge in [-0.2, -0.15) is 0 Å². The molecular formula is C13H16N2. The normalized spacial score (nSPS) is 10.9. The highest BCUT2D eigenvalue weighted by molar-refractivity contribution is 5.76. The zero-order chi connectivity index (χ0) is 11.0. The molecule has 2 nitrogen and oxygen atoms in total. The standard InChI is InChI=1S/C13H16N2/c1-5-11-10(4)14-12-6-8(2)9(3)7-13(12)15-11/h6-7H,5H2,1-4H3. The summed E-state index contributed by atoms with van der Waals surface area (Å²) in [5.41, 5.74) is 6.73. The molecule has 2 heteroatoms. The van der Waals surface area contributed by atoms with Crippen LogP contribution in [0.25, 0.3) is 11.0 Å². The van der Waals surface area contributed by atoms with E-state index in [1.165, 1.54) is 11.1 Å². The molecule has 0 atom stereocenters. The number of fused-ring (bicyclic) bond motifs is 1. The van der Waals surface area contributed by atoms with Gasteiger partial charge in [-0.1, -0.05) is 6.92 Å². The molecule has 0 amide bonds. The Bertz CT molecular complexity index is 515. The zero-order valence-electron chi connectivity index (χ0n) is 9.76. The molecule has 0 radical (unpaired) electrons. The van der Waals surface area contributed by atoms with E-state index in [4.69, 9.17) is 0 Å². The summed E-state index contributed by atoms with van der Waals surface area (Å²) in [6.45, 7) is 8.37. The fraction of sp³-hybridized carbons (Fsp3) is 0.385. The number of aryl methyl sites for hydroxylation is 4. The van der Waals surface area contributed by atoms with Crippen LogP contribution in [0.4, 0.5) is 0 Å². The Morgan fingerprint density at radius 1 is 0.933 bits per heavy atom. The first-order chi connectivity index (χ1) is 7.11. The van der Waals surface area contributed by atoms with E-state index in [1.807, 2.05) is 6.92 Å². The molecule has 0 spiro atoms. The van der Waals surface area contributed by atoms with Gasteiger partial charge in [0.1, 0.15) is 0 Å². The summed E-state index contributed by atoms with van der Waals surface area (Å²) >= 11 is 0. The molecule has 0 fully saturated rings. The molecule has 0 saturated heterocycles. The van der Waals surface area contributed by atoms with Gasteiger partial charge in [0.2, 0.25) is 0 Å². The second-order valence-electron chi connectivity index (χ2n) is 4.03. The first-order valence-corrected chi connectivity index (χ1v) is 5.36. The molecule has 0 aliphatic carbocycles. The van der Waals surface area contributed by atoms with E-state index >= 15 is 0 Å². The number of hydrogen-bond donors (Lipinski definition) is 0. The van der Waals surface area contributed by atoms with Crippen LogP contribution in [-0.2, 0) is 6.42 Å². The molecule has 1 aromatic heterocycles. The van der Waals surface area contributed by atoms with Crippen LogP contribution in [0.3, 0.4) is 0 Å². The zero-order valence-corrected chi connectivity index (χ0v) is 9.76. The van der Waals surface area contributed by atoms with Crippen LogP contribution in [0.1, 0.15) is 29.4 Å². The molecule has 0 saturated carbocycles. The summed E-state index contributed by atoms with van der Waals surface area (Å²) < 4.78 is 0. The number of aromatic nitrogens is 2. The van der Waals surface area contributed by atoms with Crippen molar-refractivity contribution in [1.29, 1.82) is 0 Å².